The number of pyridine rings is 1. The molecule has 1 amide bonds. The van der Waals surface area contributed by atoms with E-state index in [0.717, 1.165) is 37.0 Å². The number of benzene rings is 1. The number of nitrogens with zero attached hydrogens (tertiary/aromatic N) is 3. The Labute approximate surface area is 145 Å². The second kappa shape index (κ2) is 6.57. The molecule has 126 valence electrons. The third kappa shape index (κ3) is 2.96. The Bertz CT molecular complexity index is 920. The molecule has 6 heteroatoms. The maximum Gasteiger partial charge on any atom is 0.250 e. The Morgan fingerprint density at radius 3 is 2.64 bits per heavy atom. The summed E-state index contributed by atoms with van der Waals surface area (Å²) in [5.41, 5.74) is 9.17. The van der Waals surface area contributed by atoms with Crippen LogP contribution < -0.4 is 11.1 Å². The molecule has 3 heterocycles. The Kier molecular flexibility index (Phi) is 4.11. The van der Waals surface area contributed by atoms with Crippen molar-refractivity contribution in [2.75, 3.05) is 13.1 Å². The number of primary amides is 1. The average molecular weight is 333 g/mol. The zero-order valence-electron chi connectivity index (χ0n) is 13.8. The largest absolute Gasteiger partial charge is 0.366 e. The molecular weight excluding hydrogens is 314 g/mol. The first-order valence-electron chi connectivity index (χ1n) is 8.46. The van der Waals surface area contributed by atoms with Crippen LogP contribution in [0.15, 0.2) is 42.6 Å². The number of carbonyl (C=O) groups excluding carboxylic acids is 1. The van der Waals surface area contributed by atoms with Crippen molar-refractivity contribution >= 4 is 16.8 Å². The third-order valence-electron chi connectivity index (χ3n) is 4.76. The fraction of sp³-hybridized carbons (Fsp3) is 0.263. The van der Waals surface area contributed by atoms with Gasteiger partial charge in [0.1, 0.15) is 11.2 Å². The second-order valence-electron chi connectivity index (χ2n) is 6.30. The van der Waals surface area contributed by atoms with E-state index in [-0.39, 0.29) is 0 Å². The van der Waals surface area contributed by atoms with Gasteiger partial charge < -0.3 is 11.1 Å². The van der Waals surface area contributed by atoms with Gasteiger partial charge in [-0.05, 0) is 61.7 Å². The third-order valence-corrected chi connectivity index (χ3v) is 4.76. The molecule has 1 aliphatic heterocycles. The van der Waals surface area contributed by atoms with Crippen molar-refractivity contribution < 1.29 is 4.79 Å². The maximum absolute atomic E-state index is 11.8. The predicted octanol–water partition coefficient (Wildman–Crippen LogP) is 2.26. The molecule has 0 atom stereocenters. The molecule has 1 fully saturated rings. The number of hydrogen-bond donors (Lipinski definition) is 2. The van der Waals surface area contributed by atoms with Crippen LogP contribution in [0.25, 0.3) is 22.3 Å². The fourth-order valence-electron chi connectivity index (χ4n) is 3.48. The van der Waals surface area contributed by atoms with Gasteiger partial charge in [-0.15, -0.1) is 10.2 Å². The van der Waals surface area contributed by atoms with Gasteiger partial charge in [-0.25, -0.2) is 0 Å². The van der Waals surface area contributed by atoms with E-state index in [1.807, 2.05) is 30.3 Å². The summed E-state index contributed by atoms with van der Waals surface area (Å²) >= 11 is 0. The number of rotatable bonds is 3. The molecule has 0 saturated carbocycles. The van der Waals surface area contributed by atoms with Crippen LogP contribution in [0.2, 0.25) is 0 Å². The normalized spacial score (nSPS) is 15.4. The van der Waals surface area contributed by atoms with Crippen LogP contribution in [-0.2, 0) is 0 Å². The monoisotopic (exact) mass is 333 g/mol. The average Bonchev–Trinajstić information content (AvgIpc) is 2.68. The van der Waals surface area contributed by atoms with Crippen LogP contribution in [-0.4, -0.2) is 34.2 Å². The highest BCUT2D eigenvalue weighted by Crippen LogP contribution is 2.33. The van der Waals surface area contributed by atoms with Crippen LogP contribution in [0.4, 0.5) is 0 Å². The van der Waals surface area contributed by atoms with Gasteiger partial charge in [0, 0.05) is 11.6 Å². The van der Waals surface area contributed by atoms with E-state index in [4.69, 9.17) is 5.73 Å². The summed E-state index contributed by atoms with van der Waals surface area (Å²) in [6.07, 6.45) is 3.85. The number of fused-ring (bicyclic) bond motifs is 1. The van der Waals surface area contributed by atoms with Gasteiger partial charge in [0.2, 0.25) is 0 Å². The molecule has 0 aliphatic carbocycles. The topological polar surface area (TPSA) is 93.8 Å². The van der Waals surface area contributed by atoms with Gasteiger partial charge in [-0.3, -0.25) is 9.78 Å². The number of carbonyl (C=O) groups is 1. The van der Waals surface area contributed by atoms with Crippen LogP contribution >= 0.6 is 0 Å². The highest BCUT2D eigenvalue weighted by molar-refractivity contribution is 6.05. The van der Waals surface area contributed by atoms with Gasteiger partial charge in [-0.2, -0.15) is 0 Å². The Balaban J connectivity index is 1.91. The highest BCUT2D eigenvalue weighted by atomic mass is 16.1. The fourth-order valence-corrected chi connectivity index (χ4v) is 3.48. The molecule has 0 spiro atoms. The first kappa shape index (κ1) is 15.7. The minimum Gasteiger partial charge on any atom is -0.366 e. The van der Waals surface area contributed by atoms with E-state index >= 15 is 0 Å². The summed E-state index contributed by atoms with van der Waals surface area (Å²) in [7, 11) is 0. The van der Waals surface area contributed by atoms with Gasteiger partial charge in [0.15, 0.2) is 0 Å². The smallest absolute Gasteiger partial charge is 0.250 e. The Morgan fingerprint density at radius 2 is 1.92 bits per heavy atom. The van der Waals surface area contributed by atoms with Crippen LogP contribution in [0, 0.1) is 0 Å². The van der Waals surface area contributed by atoms with E-state index in [0.29, 0.717) is 22.7 Å². The number of hydrogen-bond acceptors (Lipinski definition) is 5. The zero-order chi connectivity index (χ0) is 17.2. The molecule has 0 unspecified atom stereocenters. The summed E-state index contributed by atoms with van der Waals surface area (Å²) in [5.74, 6) is -0.0480. The lowest BCUT2D eigenvalue weighted by Crippen LogP contribution is -2.26. The second-order valence-corrected chi connectivity index (χ2v) is 6.30. The van der Waals surface area contributed by atoms with Gasteiger partial charge in [0.05, 0.1) is 11.3 Å². The lowest BCUT2D eigenvalue weighted by Gasteiger charge is -2.24. The molecule has 25 heavy (non-hydrogen) atoms. The van der Waals surface area contributed by atoms with Crippen molar-refractivity contribution in [2.24, 2.45) is 5.73 Å². The van der Waals surface area contributed by atoms with Crippen molar-refractivity contribution in [1.82, 2.24) is 20.5 Å². The molecule has 2 aromatic heterocycles. The number of amides is 1. The maximum atomic E-state index is 11.8. The van der Waals surface area contributed by atoms with Crippen LogP contribution in [0.5, 0.6) is 0 Å². The number of piperidine rings is 1. The molecule has 1 aromatic carbocycles. The molecule has 0 bridgehead atoms. The van der Waals surface area contributed by atoms with E-state index in [1.54, 1.807) is 12.3 Å². The van der Waals surface area contributed by atoms with Crippen molar-refractivity contribution in [3.8, 4) is 11.4 Å². The van der Waals surface area contributed by atoms with Gasteiger partial charge in [0.25, 0.3) is 5.91 Å². The molecule has 0 radical (unpaired) electrons. The highest BCUT2D eigenvalue weighted by Gasteiger charge is 2.21. The molecule has 4 rings (SSSR count). The minimum absolute atomic E-state index is 0.410. The zero-order valence-corrected chi connectivity index (χ0v) is 13.8. The van der Waals surface area contributed by atoms with Gasteiger partial charge in [-0.1, -0.05) is 12.1 Å². The predicted molar refractivity (Wildman–Crippen MR) is 96.1 cm³/mol. The molecule has 3 aromatic rings. The van der Waals surface area contributed by atoms with Crippen molar-refractivity contribution in [1.29, 1.82) is 0 Å². The minimum atomic E-state index is -0.484. The van der Waals surface area contributed by atoms with E-state index in [2.05, 4.69) is 20.5 Å². The molecule has 1 saturated heterocycles. The Morgan fingerprint density at radius 1 is 1.08 bits per heavy atom. The molecule has 3 N–H and O–H groups in total. The molecule has 6 nitrogen and oxygen atoms in total. The van der Waals surface area contributed by atoms with Gasteiger partial charge >= 0.3 is 0 Å². The van der Waals surface area contributed by atoms with Crippen molar-refractivity contribution in [2.45, 2.75) is 18.8 Å². The quantitative estimate of drug-likeness (QED) is 0.767. The summed E-state index contributed by atoms with van der Waals surface area (Å²) in [5, 5.41) is 12.9. The lowest BCUT2D eigenvalue weighted by molar-refractivity contribution is 0.100. The summed E-state index contributed by atoms with van der Waals surface area (Å²) in [4.78, 5) is 16.1. The summed E-state index contributed by atoms with van der Waals surface area (Å²) in [6, 6.07) is 11.5. The SMILES string of the molecule is NC(=O)c1ccc(C2CCNCC2)c2cc(-c3ccccn3)nnc12. The number of aromatic nitrogens is 3. The summed E-state index contributed by atoms with van der Waals surface area (Å²) in [6.45, 7) is 1.99. The Hall–Kier alpha value is -2.86. The van der Waals surface area contributed by atoms with Crippen molar-refractivity contribution in [3.05, 3.63) is 53.7 Å². The molecule has 1 aliphatic rings. The van der Waals surface area contributed by atoms with E-state index in [9.17, 15) is 4.79 Å². The summed E-state index contributed by atoms with van der Waals surface area (Å²) < 4.78 is 0. The van der Waals surface area contributed by atoms with Crippen LogP contribution in [0.1, 0.15) is 34.7 Å². The standard InChI is InChI=1S/C19H19N5O/c20-19(25)14-5-4-13(12-6-9-21-10-7-12)15-11-17(23-24-18(14)15)16-3-1-2-8-22-16/h1-5,8,11-12,21H,6-7,9-10H2,(H2,20,25). The van der Waals surface area contributed by atoms with E-state index < -0.39 is 5.91 Å². The lowest BCUT2D eigenvalue weighted by atomic mass is 9.86. The first-order chi connectivity index (χ1) is 12.2. The molecular formula is C19H19N5O. The van der Waals surface area contributed by atoms with Crippen molar-refractivity contribution in [3.63, 3.8) is 0 Å². The number of nitrogens with two attached hydrogens (primary N) is 1. The number of nitrogens with one attached hydrogen (secondary N) is 1. The van der Waals surface area contributed by atoms with E-state index in [1.165, 1.54) is 5.56 Å². The van der Waals surface area contributed by atoms with Crippen LogP contribution in [0.3, 0.4) is 0 Å². The first-order valence-corrected chi connectivity index (χ1v) is 8.46.